The molecular formula is C22H20N2O4. The Kier molecular flexibility index (Phi) is 6.25. The van der Waals surface area contributed by atoms with E-state index in [0.717, 1.165) is 11.1 Å². The predicted octanol–water partition coefficient (Wildman–Crippen LogP) is 4.42. The molecule has 0 atom stereocenters. The van der Waals surface area contributed by atoms with Crippen molar-refractivity contribution in [2.24, 2.45) is 5.10 Å². The minimum atomic E-state index is -0.983. The fourth-order valence-corrected chi connectivity index (χ4v) is 2.52. The number of nitrogens with zero attached hydrogens (tertiary/aromatic N) is 1. The maximum atomic E-state index is 11.0. The van der Waals surface area contributed by atoms with Crippen LogP contribution in [0.15, 0.2) is 77.9 Å². The third-order valence-electron chi connectivity index (χ3n) is 3.94. The van der Waals surface area contributed by atoms with Gasteiger partial charge in [-0.15, -0.1) is 0 Å². The van der Waals surface area contributed by atoms with E-state index in [2.05, 4.69) is 10.5 Å². The summed E-state index contributed by atoms with van der Waals surface area (Å²) in [6, 6.07) is 21.8. The quantitative estimate of drug-likeness (QED) is 0.449. The van der Waals surface area contributed by atoms with Crippen molar-refractivity contribution in [1.82, 2.24) is 0 Å². The Morgan fingerprint density at radius 2 is 1.86 bits per heavy atom. The molecule has 142 valence electrons. The molecule has 3 aromatic rings. The molecule has 2 N–H and O–H groups in total. The summed E-state index contributed by atoms with van der Waals surface area (Å²) >= 11 is 0. The Balaban J connectivity index is 1.69. The van der Waals surface area contributed by atoms with E-state index < -0.39 is 5.97 Å². The summed E-state index contributed by atoms with van der Waals surface area (Å²) in [7, 11) is 1.59. The van der Waals surface area contributed by atoms with Crippen molar-refractivity contribution in [3.8, 4) is 11.5 Å². The van der Waals surface area contributed by atoms with Crippen molar-refractivity contribution in [3.63, 3.8) is 0 Å². The highest BCUT2D eigenvalue weighted by Crippen LogP contribution is 2.28. The van der Waals surface area contributed by atoms with E-state index in [4.69, 9.17) is 14.6 Å². The predicted molar refractivity (Wildman–Crippen MR) is 108 cm³/mol. The Labute approximate surface area is 163 Å². The Hall–Kier alpha value is -3.80. The Bertz CT molecular complexity index is 971. The molecule has 0 radical (unpaired) electrons. The lowest BCUT2D eigenvalue weighted by Crippen LogP contribution is -1.99. The molecule has 3 aromatic carbocycles. The van der Waals surface area contributed by atoms with E-state index in [1.807, 2.05) is 48.5 Å². The maximum absolute atomic E-state index is 11.0. The first-order chi connectivity index (χ1) is 13.7. The van der Waals surface area contributed by atoms with E-state index in [1.54, 1.807) is 25.5 Å². The maximum Gasteiger partial charge on any atom is 0.335 e. The standard InChI is InChI=1S/C22H20N2O4/c1-27-20-11-10-17(12-21(20)28-15-16-6-3-2-4-7-16)14-23-24-19-9-5-8-18(13-19)22(25)26/h2-14,24H,15H2,1H3,(H,25,26). The van der Waals surface area contributed by atoms with Crippen molar-refractivity contribution >= 4 is 17.9 Å². The molecule has 6 heteroatoms. The molecule has 0 unspecified atom stereocenters. The lowest BCUT2D eigenvalue weighted by molar-refractivity contribution is 0.0697. The molecule has 0 heterocycles. The fraction of sp³-hybridized carbons (Fsp3) is 0.0909. The second-order valence-electron chi connectivity index (χ2n) is 5.94. The molecule has 0 saturated heterocycles. The van der Waals surface area contributed by atoms with Crippen molar-refractivity contribution in [1.29, 1.82) is 0 Å². The molecule has 0 aliphatic carbocycles. The van der Waals surface area contributed by atoms with Crippen LogP contribution in [0.5, 0.6) is 11.5 Å². The third-order valence-corrected chi connectivity index (χ3v) is 3.94. The Morgan fingerprint density at radius 1 is 1.04 bits per heavy atom. The van der Waals surface area contributed by atoms with E-state index in [-0.39, 0.29) is 5.56 Å². The largest absolute Gasteiger partial charge is 0.493 e. The summed E-state index contributed by atoms with van der Waals surface area (Å²) in [6.07, 6.45) is 1.63. The highest BCUT2D eigenvalue weighted by molar-refractivity contribution is 5.89. The van der Waals surface area contributed by atoms with E-state index in [1.165, 1.54) is 12.1 Å². The van der Waals surface area contributed by atoms with Crippen molar-refractivity contribution < 1.29 is 19.4 Å². The van der Waals surface area contributed by atoms with Crippen LogP contribution in [-0.2, 0) is 6.61 Å². The lowest BCUT2D eigenvalue weighted by atomic mass is 10.2. The van der Waals surface area contributed by atoms with Crippen LogP contribution in [0.25, 0.3) is 0 Å². The first-order valence-electron chi connectivity index (χ1n) is 8.63. The summed E-state index contributed by atoms with van der Waals surface area (Å²) in [5.74, 6) is 0.265. The number of hydrazone groups is 1. The van der Waals surface area contributed by atoms with Crippen molar-refractivity contribution in [2.75, 3.05) is 12.5 Å². The van der Waals surface area contributed by atoms with Gasteiger partial charge in [0, 0.05) is 0 Å². The van der Waals surface area contributed by atoms with E-state index in [9.17, 15) is 4.79 Å². The van der Waals surface area contributed by atoms with Crippen LogP contribution < -0.4 is 14.9 Å². The monoisotopic (exact) mass is 376 g/mol. The zero-order valence-electron chi connectivity index (χ0n) is 15.3. The van der Waals surface area contributed by atoms with E-state index >= 15 is 0 Å². The zero-order chi connectivity index (χ0) is 19.8. The van der Waals surface area contributed by atoms with Gasteiger partial charge in [-0.05, 0) is 47.5 Å². The van der Waals surface area contributed by atoms with Gasteiger partial charge in [0.15, 0.2) is 11.5 Å². The number of carbonyl (C=O) groups is 1. The van der Waals surface area contributed by atoms with E-state index in [0.29, 0.717) is 23.8 Å². The molecule has 0 spiro atoms. The fourth-order valence-electron chi connectivity index (χ4n) is 2.52. The van der Waals surface area contributed by atoms with Crippen LogP contribution in [0.2, 0.25) is 0 Å². The molecular weight excluding hydrogens is 356 g/mol. The average molecular weight is 376 g/mol. The molecule has 0 aromatic heterocycles. The number of anilines is 1. The Morgan fingerprint density at radius 3 is 2.61 bits per heavy atom. The number of ether oxygens (including phenoxy) is 2. The summed E-state index contributed by atoms with van der Waals surface area (Å²) in [4.78, 5) is 11.0. The summed E-state index contributed by atoms with van der Waals surface area (Å²) in [5, 5.41) is 13.2. The van der Waals surface area contributed by atoms with Crippen LogP contribution in [0, 0.1) is 0 Å². The highest BCUT2D eigenvalue weighted by atomic mass is 16.5. The number of carboxylic acid groups (broad SMARTS) is 1. The van der Waals surface area contributed by atoms with Gasteiger partial charge in [0.05, 0.1) is 24.6 Å². The van der Waals surface area contributed by atoms with Gasteiger partial charge in [0.2, 0.25) is 0 Å². The van der Waals surface area contributed by atoms with Crippen LogP contribution in [0.3, 0.4) is 0 Å². The number of aromatic carboxylic acids is 1. The number of hydrogen-bond acceptors (Lipinski definition) is 5. The molecule has 3 rings (SSSR count). The normalized spacial score (nSPS) is 10.6. The van der Waals surface area contributed by atoms with Gasteiger partial charge in [-0.3, -0.25) is 5.43 Å². The minimum Gasteiger partial charge on any atom is -0.493 e. The van der Waals surface area contributed by atoms with Gasteiger partial charge in [0.1, 0.15) is 6.61 Å². The van der Waals surface area contributed by atoms with Gasteiger partial charge in [-0.1, -0.05) is 36.4 Å². The molecule has 0 aliphatic rings. The number of rotatable bonds is 8. The van der Waals surface area contributed by atoms with Gasteiger partial charge >= 0.3 is 5.97 Å². The smallest absolute Gasteiger partial charge is 0.335 e. The minimum absolute atomic E-state index is 0.196. The second kappa shape index (κ2) is 9.23. The highest BCUT2D eigenvalue weighted by Gasteiger charge is 2.06. The van der Waals surface area contributed by atoms with Crippen LogP contribution in [0.4, 0.5) is 5.69 Å². The summed E-state index contributed by atoms with van der Waals surface area (Å²) in [5.41, 5.74) is 5.48. The number of hydrogen-bond donors (Lipinski definition) is 2. The number of nitrogens with one attached hydrogen (secondary N) is 1. The molecule has 0 bridgehead atoms. The summed E-state index contributed by atoms with van der Waals surface area (Å²) in [6.45, 7) is 0.429. The second-order valence-corrected chi connectivity index (χ2v) is 5.94. The average Bonchev–Trinajstić information content (AvgIpc) is 2.73. The number of methoxy groups -OCH3 is 1. The van der Waals surface area contributed by atoms with Gasteiger partial charge in [0.25, 0.3) is 0 Å². The third kappa shape index (κ3) is 5.11. The topological polar surface area (TPSA) is 80.2 Å². The SMILES string of the molecule is COc1ccc(C=NNc2cccc(C(=O)O)c2)cc1OCc1ccccc1. The molecule has 0 saturated carbocycles. The van der Waals surface area contributed by atoms with Crippen molar-refractivity contribution in [2.45, 2.75) is 6.61 Å². The first-order valence-corrected chi connectivity index (χ1v) is 8.63. The first kappa shape index (κ1) is 19.0. The van der Waals surface area contributed by atoms with Crippen molar-refractivity contribution in [3.05, 3.63) is 89.5 Å². The summed E-state index contributed by atoms with van der Waals surface area (Å²) < 4.78 is 11.2. The molecule has 28 heavy (non-hydrogen) atoms. The lowest BCUT2D eigenvalue weighted by Gasteiger charge is -2.11. The number of benzene rings is 3. The van der Waals surface area contributed by atoms with Crippen LogP contribution in [-0.4, -0.2) is 24.4 Å². The number of carboxylic acids is 1. The molecule has 0 aliphatic heterocycles. The van der Waals surface area contributed by atoms with Gasteiger partial charge in [-0.25, -0.2) is 4.79 Å². The van der Waals surface area contributed by atoms with Crippen LogP contribution >= 0.6 is 0 Å². The molecule has 0 amide bonds. The van der Waals surface area contributed by atoms with Gasteiger partial charge in [-0.2, -0.15) is 5.10 Å². The van der Waals surface area contributed by atoms with Crippen LogP contribution in [0.1, 0.15) is 21.5 Å². The van der Waals surface area contributed by atoms with Gasteiger partial charge < -0.3 is 14.6 Å². The molecule has 0 fully saturated rings. The zero-order valence-corrected chi connectivity index (χ0v) is 15.3. The molecule has 6 nitrogen and oxygen atoms in total.